The first-order chi connectivity index (χ1) is 19.7. The van der Waals surface area contributed by atoms with Gasteiger partial charge in [0.1, 0.15) is 17.8 Å². The number of amides is 1. The predicted molar refractivity (Wildman–Crippen MR) is 160 cm³/mol. The third-order valence-corrected chi connectivity index (χ3v) is 6.74. The molecule has 0 spiro atoms. The molecule has 0 saturated heterocycles. The van der Waals surface area contributed by atoms with Gasteiger partial charge >= 0.3 is 0 Å². The number of rotatable bonds is 11. The third-order valence-electron chi connectivity index (χ3n) is 6.44. The number of thiol groups is 1. The van der Waals surface area contributed by atoms with Gasteiger partial charge in [-0.3, -0.25) is 4.79 Å². The summed E-state index contributed by atoms with van der Waals surface area (Å²) in [6, 6.07) is 37.2. The molecule has 7 heteroatoms. The van der Waals surface area contributed by atoms with Crippen molar-refractivity contribution in [2.75, 3.05) is 6.61 Å². The van der Waals surface area contributed by atoms with Crippen LogP contribution in [0.15, 0.2) is 132 Å². The largest absolute Gasteiger partial charge is 0.367 e. The third kappa shape index (κ3) is 7.14. The lowest BCUT2D eigenvalue weighted by Gasteiger charge is -2.28. The lowest BCUT2D eigenvalue weighted by Crippen LogP contribution is -2.23. The predicted octanol–water partition coefficient (Wildman–Crippen LogP) is 6.56. The van der Waals surface area contributed by atoms with Crippen molar-refractivity contribution in [2.24, 2.45) is 0 Å². The van der Waals surface area contributed by atoms with E-state index in [1.807, 2.05) is 71.6 Å². The molecule has 5 aromatic rings. The van der Waals surface area contributed by atoms with Crippen molar-refractivity contribution >= 4 is 24.6 Å². The number of ether oxygens (including phenoxy) is 1. The molecule has 4 aromatic carbocycles. The Labute approximate surface area is 239 Å². The summed E-state index contributed by atoms with van der Waals surface area (Å²) in [6.45, 7) is 0.667. The fraction of sp³-hybridized carbons (Fsp3) is 0.121. The van der Waals surface area contributed by atoms with Gasteiger partial charge in [-0.2, -0.15) is 0 Å². The number of nitrogens with one attached hydrogen (secondary N) is 1. The topological polar surface area (TPSA) is 69.0 Å². The van der Waals surface area contributed by atoms with E-state index in [1.165, 1.54) is 0 Å². The lowest BCUT2D eigenvalue weighted by atomic mass is 9.95. The van der Waals surface area contributed by atoms with Crippen LogP contribution in [0.25, 0.3) is 6.08 Å². The van der Waals surface area contributed by atoms with Crippen molar-refractivity contribution in [3.8, 4) is 0 Å². The van der Waals surface area contributed by atoms with Gasteiger partial charge in [-0.15, -0.1) is 17.7 Å². The molecule has 0 radical (unpaired) electrons. The highest BCUT2D eigenvalue weighted by Crippen LogP contribution is 2.35. The Balaban J connectivity index is 1.38. The van der Waals surface area contributed by atoms with Gasteiger partial charge in [-0.1, -0.05) is 108 Å². The highest BCUT2D eigenvalue weighted by molar-refractivity contribution is 7.80. The maximum absolute atomic E-state index is 12.6. The molecule has 2 atom stereocenters. The summed E-state index contributed by atoms with van der Waals surface area (Å²) < 4.78 is 8.37. The van der Waals surface area contributed by atoms with Gasteiger partial charge in [0.2, 0.25) is 0 Å². The average Bonchev–Trinajstić information content (AvgIpc) is 3.47. The molecule has 40 heavy (non-hydrogen) atoms. The van der Waals surface area contributed by atoms with Crippen LogP contribution in [-0.2, 0) is 11.3 Å². The van der Waals surface area contributed by atoms with Crippen molar-refractivity contribution in [1.82, 2.24) is 20.3 Å². The smallest absolute Gasteiger partial charge is 0.251 e. The molecule has 6 nitrogen and oxygen atoms in total. The van der Waals surface area contributed by atoms with Crippen molar-refractivity contribution in [2.45, 2.75) is 23.6 Å². The van der Waals surface area contributed by atoms with E-state index in [1.54, 1.807) is 24.3 Å². The van der Waals surface area contributed by atoms with Crippen LogP contribution in [0.1, 0.15) is 44.9 Å². The molecule has 1 amide bonds. The van der Waals surface area contributed by atoms with Crippen LogP contribution in [0, 0.1) is 0 Å². The minimum absolute atomic E-state index is 0.182. The Morgan fingerprint density at radius 2 is 1.48 bits per heavy atom. The molecule has 5 rings (SSSR count). The fourth-order valence-corrected chi connectivity index (χ4v) is 4.60. The molecule has 0 aliphatic carbocycles. The van der Waals surface area contributed by atoms with Crippen molar-refractivity contribution in [3.05, 3.63) is 155 Å². The molecule has 0 fully saturated rings. The SMILES string of the molecule is O=C(NCc1cn(C(c2ccccc2)[C@@H](OC/C=C/c2ccccc2)c2ccccc2)nn1)c1ccc(S)cc1. The maximum atomic E-state index is 12.6. The summed E-state index contributed by atoms with van der Waals surface area (Å²) in [6.07, 6.45) is 5.61. The standard InChI is InChI=1S/C33H30N4O2S/c38-33(28-18-20-30(40)21-19-28)34-23-29-24-37(36-35-29)31(26-14-6-2-7-15-26)32(27-16-8-3-9-17-27)39-22-10-13-25-11-4-1-5-12-25/h1-21,24,31-32,40H,22-23H2,(H,34,38)/b13-10+/t31?,32-/m0/s1. The molecular formula is C33H30N4O2S. The number of nitrogens with zero attached hydrogens (tertiary/aromatic N) is 3. The Kier molecular flexibility index (Phi) is 9.19. The van der Waals surface area contributed by atoms with Crippen LogP contribution in [0.5, 0.6) is 0 Å². The average molecular weight is 547 g/mol. The monoisotopic (exact) mass is 546 g/mol. The van der Waals surface area contributed by atoms with E-state index >= 15 is 0 Å². The molecule has 1 N–H and O–H groups in total. The van der Waals surface area contributed by atoms with Crippen LogP contribution in [0.3, 0.4) is 0 Å². The first-order valence-electron chi connectivity index (χ1n) is 13.1. The highest BCUT2D eigenvalue weighted by atomic mass is 32.1. The fourth-order valence-electron chi connectivity index (χ4n) is 4.45. The maximum Gasteiger partial charge on any atom is 0.251 e. The Morgan fingerprint density at radius 3 is 2.15 bits per heavy atom. The number of benzene rings is 4. The van der Waals surface area contributed by atoms with Crippen LogP contribution < -0.4 is 5.32 Å². The summed E-state index contributed by atoms with van der Waals surface area (Å²) in [5.74, 6) is -0.182. The van der Waals surface area contributed by atoms with Crippen molar-refractivity contribution in [1.29, 1.82) is 0 Å². The van der Waals surface area contributed by atoms with Gasteiger partial charge in [-0.25, -0.2) is 4.68 Å². The normalized spacial score (nSPS) is 12.7. The van der Waals surface area contributed by atoms with Gasteiger partial charge < -0.3 is 10.1 Å². The molecule has 0 saturated carbocycles. The van der Waals surface area contributed by atoms with Crippen LogP contribution in [0.4, 0.5) is 0 Å². The summed E-state index contributed by atoms with van der Waals surface area (Å²) in [5, 5.41) is 11.8. The van der Waals surface area contributed by atoms with E-state index in [9.17, 15) is 4.79 Å². The zero-order valence-corrected chi connectivity index (χ0v) is 22.8. The van der Waals surface area contributed by atoms with E-state index in [-0.39, 0.29) is 24.6 Å². The number of aromatic nitrogens is 3. The number of carbonyl (C=O) groups is 1. The Bertz CT molecular complexity index is 1520. The van der Waals surface area contributed by atoms with Gasteiger partial charge in [-0.05, 0) is 41.0 Å². The molecule has 1 heterocycles. The number of hydrogen-bond donors (Lipinski definition) is 2. The molecular weight excluding hydrogens is 516 g/mol. The van der Waals surface area contributed by atoms with E-state index < -0.39 is 0 Å². The Morgan fingerprint density at radius 1 is 0.850 bits per heavy atom. The molecule has 200 valence electrons. The van der Waals surface area contributed by atoms with E-state index in [0.29, 0.717) is 17.9 Å². The van der Waals surface area contributed by atoms with Crippen molar-refractivity contribution < 1.29 is 9.53 Å². The van der Waals surface area contributed by atoms with Crippen LogP contribution >= 0.6 is 12.6 Å². The minimum Gasteiger partial charge on any atom is -0.367 e. The second-order valence-electron chi connectivity index (χ2n) is 9.25. The molecule has 0 aliphatic rings. The second-order valence-corrected chi connectivity index (χ2v) is 9.77. The molecule has 0 aliphatic heterocycles. The Hall–Kier alpha value is -4.46. The van der Waals surface area contributed by atoms with Crippen molar-refractivity contribution in [3.63, 3.8) is 0 Å². The molecule has 0 bridgehead atoms. The zero-order chi connectivity index (χ0) is 27.6. The number of hydrogen-bond acceptors (Lipinski definition) is 5. The molecule has 1 unspecified atom stereocenters. The molecule has 1 aromatic heterocycles. The first kappa shape index (κ1) is 27.1. The quantitative estimate of drug-likeness (QED) is 0.184. The van der Waals surface area contributed by atoms with E-state index in [2.05, 4.69) is 70.7 Å². The van der Waals surface area contributed by atoms with Gasteiger partial charge in [0.25, 0.3) is 5.91 Å². The second kappa shape index (κ2) is 13.6. The lowest BCUT2D eigenvalue weighted by molar-refractivity contribution is 0.0403. The summed E-state index contributed by atoms with van der Waals surface area (Å²) in [7, 11) is 0. The van der Waals surface area contributed by atoms with Gasteiger partial charge in [0, 0.05) is 10.5 Å². The number of carbonyl (C=O) groups excluding carboxylic acids is 1. The zero-order valence-electron chi connectivity index (χ0n) is 21.9. The van der Waals surface area contributed by atoms with Gasteiger partial charge in [0.15, 0.2) is 0 Å². The minimum atomic E-state index is -0.340. The van der Waals surface area contributed by atoms with E-state index in [0.717, 1.165) is 21.6 Å². The first-order valence-corrected chi connectivity index (χ1v) is 13.5. The van der Waals surface area contributed by atoms with Gasteiger partial charge in [0.05, 0.1) is 19.3 Å². The summed E-state index contributed by atoms with van der Waals surface area (Å²) in [5.41, 5.74) is 4.40. The van der Waals surface area contributed by atoms with E-state index in [4.69, 9.17) is 4.74 Å². The highest BCUT2D eigenvalue weighted by Gasteiger charge is 2.28. The summed E-state index contributed by atoms with van der Waals surface area (Å²) in [4.78, 5) is 13.4. The van der Waals surface area contributed by atoms with Crippen LogP contribution in [-0.4, -0.2) is 27.5 Å². The van der Waals surface area contributed by atoms with Crippen LogP contribution in [0.2, 0.25) is 0 Å². The summed E-state index contributed by atoms with van der Waals surface area (Å²) >= 11 is 4.28.